The van der Waals surface area contributed by atoms with Gasteiger partial charge in [0.15, 0.2) is 5.96 Å². The fourth-order valence-corrected chi connectivity index (χ4v) is 2.58. The normalized spacial score (nSPS) is 20.0. The highest BCUT2D eigenvalue weighted by Gasteiger charge is 2.17. The van der Waals surface area contributed by atoms with Crippen molar-refractivity contribution in [3.05, 3.63) is 23.2 Å². The lowest BCUT2D eigenvalue weighted by molar-refractivity contribution is 0.00142. The van der Waals surface area contributed by atoms with Gasteiger partial charge in [0.2, 0.25) is 0 Å². The Morgan fingerprint density at radius 2 is 2.41 bits per heavy atom. The molecule has 1 aromatic rings. The van der Waals surface area contributed by atoms with Gasteiger partial charge in [-0.05, 0) is 25.1 Å². The van der Waals surface area contributed by atoms with E-state index in [1.54, 1.807) is 19.2 Å². The number of anilines is 1. The van der Waals surface area contributed by atoms with Crippen LogP contribution in [0.5, 0.6) is 5.75 Å². The van der Waals surface area contributed by atoms with Crippen LogP contribution in [-0.4, -0.2) is 56.9 Å². The van der Waals surface area contributed by atoms with Gasteiger partial charge >= 0.3 is 0 Å². The maximum Gasteiger partial charge on any atom is 0.193 e. The standard InChI is InChI=1S/C15H23ClN4O2/c1-11-10-22-8-7-20(11)6-5-18-15(17)19-12-3-4-14(21-2)13(16)9-12/h3-4,9,11H,5-8,10H2,1-2H3,(H3,17,18,19). The minimum Gasteiger partial charge on any atom is -0.495 e. The molecule has 0 saturated carbocycles. The number of morpholine rings is 1. The van der Waals surface area contributed by atoms with Crippen molar-refractivity contribution >= 4 is 23.2 Å². The number of halogens is 1. The molecule has 1 fully saturated rings. The molecule has 0 aliphatic carbocycles. The van der Waals surface area contributed by atoms with E-state index in [0.29, 0.717) is 29.3 Å². The van der Waals surface area contributed by atoms with Crippen LogP contribution in [0.4, 0.5) is 5.69 Å². The molecule has 7 heteroatoms. The summed E-state index contributed by atoms with van der Waals surface area (Å²) in [4.78, 5) is 6.70. The summed E-state index contributed by atoms with van der Waals surface area (Å²) in [6.45, 7) is 6.18. The second kappa shape index (κ2) is 8.22. The smallest absolute Gasteiger partial charge is 0.193 e. The molecule has 0 amide bonds. The zero-order valence-electron chi connectivity index (χ0n) is 13.0. The van der Waals surface area contributed by atoms with Gasteiger partial charge in [-0.25, -0.2) is 0 Å². The van der Waals surface area contributed by atoms with Crippen LogP contribution in [0.15, 0.2) is 23.2 Å². The number of rotatable bonds is 5. The average molecular weight is 327 g/mol. The van der Waals surface area contributed by atoms with E-state index in [1.807, 2.05) is 6.07 Å². The van der Waals surface area contributed by atoms with Gasteiger partial charge in [0, 0.05) is 24.8 Å². The molecule has 1 heterocycles. The Balaban J connectivity index is 1.83. The number of aliphatic imine (C=N–C) groups is 1. The molecule has 22 heavy (non-hydrogen) atoms. The molecule has 1 aromatic carbocycles. The van der Waals surface area contributed by atoms with Gasteiger partial charge in [0.1, 0.15) is 5.75 Å². The summed E-state index contributed by atoms with van der Waals surface area (Å²) in [5, 5.41) is 3.56. The summed E-state index contributed by atoms with van der Waals surface area (Å²) in [7, 11) is 1.58. The topological polar surface area (TPSA) is 72.1 Å². The van der Waals surface area contributed by atoms with Gasteiger partial charge in [-0.1, -0.05) is 11.6 Å². The molecule has 2 rings (SSSR count). The van der Waals surface area contributed by atoms with Gasteiger partial charge in [-0.3, -0.25) is 9.89 Å². The summed E-state index contributed by atoms with van der Waals surface area (Å²) >= 11 is 6.07. The van der Waals surface area contributed by atoms with Crippen molar-refractivity contribution in [1.82, 2.24) is 4.90 Å². The highest BCUT2D eigenvalue weighted by molar-refractivity contribution is 6.32. The highest BCUT2D eigenvalue weighted by atomic mass is 35.5. The largest absolute Gasteiger partial charge is 0.495 e. The van der Waals surface area contributed by atoms with Gasteiger partial charge in [-0.2, -0.15) is 0 Å². The molecule has 0 spiro atoms. The Labute approximate surface area is 136 Å². The molecule has 3 N–H and O–H groups in total. The zero-order valence-corrected chi connectivity index (χ0v) is 13.8. The lowest BCUT2D eigenvalue weighted by Gasteiger charge is -2.32. The van der Waals surface area contributed by atoms with Crippen LogP contribution in [0.25, 0.3) is 0 Å². The molecule has 1 atom stereocenters. The molecule has 0 radical (unpaired) electrons. The maximum absolute atomic E-state index is 6.07. The van der Waals surface area contributed by atoms with Crippen LogP contribution in [0.3, 0.4) is 0 Å². The fourth-order valence-electron chi connectivity index (χ4n) is 2.32. The molecule has 1 aliphatic rings. The highest BCUT2D eigenvalue weighted by Crippen LogP contribution is 2.26. The maximum atomic E-state index is 6.07. The Kier molecular flexibility index (Phi) is 6.30. The van der Waals surface area contributed by atoms with Crippen LogP contribution in [0, 0.1) is 0 Å². The average Bonchev–Trinajstić information content (AvgIpc) is 2.49. The van der Waals surface area contributed by atoms with Gasteiger partial charge in [0.25, 0.3) is 0 Å². The number of nitrogens with two attached hydrogens (primary N) is 1. The second-order valence-electron chi connectivity index (χ2n) is 5.20. The summed E-state index contributed by atoms with van der Waals surface area (Å²) in [5.41, 5.74) is 6.68. The first-order valence-corrected chi connectivity index (χ1v) is 7.70. The zero-order chi connectivity index (χ0) is 15.9. The van der Waals surface area contributed by atoms with Crippen molar-refractivity contribution in [2.75, 3.05) is 45.3 Å². The van der Waals surface area contributed by atoms with Crippen molar-refractivity contribution in [3.8, 4) is 5.75 Å². The Bertz CT molecular complexity index is 524. The first kappa shape index (κ1) is 16.9. The number of ether oxygens (including phenoxy) is 2. The monoisotopic (exact) mass is 326 g/mol. The predicted molar refractivity (Wildman–Crippen MR) is 90.0 cm³/mol. The third-order valence-corrected chi connectivity index (χ3v) is 3.89. The molecule has 0 bridgehead atoms. The van der Waals surface area contributed by atoms with Gasteiger partial charge in [-0.15, -0.1) is 0 Å². The Morgan fingerprint density at radius 3 is 3.09 bits per heavy atom. The Hall–Kier alpha value is -1.50. The van der Waals surface area contributed by atoms with Crippen LogP contribution in [0.1, 0.15) is 6.92 Å². The van der Waals surface area contributed by atoms with E-state index < -0.39 is 0 Å². The van der Waals surface area contributed by atoms with Gasteiger partial charge < -0.3 is 20.5 Å². The summed E-state index contributed by atoms with van der Waals surface area (Å²) in [6, 6.07) is 5.82. The Morgan fingerprint density at radius 1 is 1.59 bits per heavy atom. The summed E-state index contributed by atoms with van der Waals surface area (Å²) in [6.07, 6.45) is 0. The predicted octanol–water partition coefficient (Wildman–Crippen LogP) is 1.80. The summed E-state index contributed by atoms with van der Waals surface area (Å²) in [5.74, 6) is 1.01. The first-order chi connectivity index (χ1) is 10.6. The van der Waals surface area contributed by atoms with E-state index in [4.69, 9.17) is 26.8 Å². The second-order valence-corrected chi connectivity index (χ2v) is 5.61. The van der Waals surface area contributed by atoms with Crippen molar-refractivity contribution in [1.29, 1.82) is 0 Å². The van der Waals surface area contributed by atoms with Crippen molar-refractivity contribution in [3.63, 3.8) is 0 Å². The molecular formula is C15H23ClN4O2. The van der Waals surface area contributed by atoms with Crippen LogP contribution < -0.4 is 15.8 Å². The fraction of sp³-hybridized carbons (Fsp3) is 0.533. The lowest BCUT2D eigenvalue weighted by Crippen LogP contribution is -2.44. The first-order valence-electron chi connectivity index (χ1n) is 7.32. The number of hydrogen-bond acceptors (Lipinski definition) is 4. The molecular weight excluding hydrogens is 304 g/mol. The third-order valence-electron chi connectivity index (χ3n) is 3.60. The van der Waals surface area contributed by atoms with Crippen molar-refractivity contribution < 1.29 is 9.47 Å². The number of nitrogens with zero attached hydrogens (tertiary/aromatic N) is 2. The number of nitrogens with one attached hydrogen (secondary N) is 1. The van der Waals surface area contributed by atoms with Gasteiger partial charge in [0.05, 0.1) is 31.9 Å². The molecule has 1 aliphatic heterocycles. The quantitative estimate of drug-likeness (QED) is 0.637. The lowest BCUT2D eigenvalue weighted by atomic mass is 10.2. The van der Waals surface area contributed by atoms with Crippen LogP contribution >= 0.6 is 11.6 Å². The molecule has 6 nitrogen and oxygen atoms in total. The van der Waals surface area contributed by atoms with E-state index in [2.05, 4.69) is 22.1 Å². The minimum atomic E-state index is 0.377. The number of hydrogen-bond donors (Lipinski definition) is 2. The van der Waals surface area contributed by atoms with E-state index in [-0.39, 0.29) is 0 Å². The van der Waals surface area contributed by atoms with E-state index in [9.17, 15) is 0 Å². The molecule has 1 unspecified atom stereocenters. The van der Waals surface area contributed by atoms with Crippen LogP contribution in [0.2, 0.25) is 5.02 Å². The number of guanidine groups is 1. The molecule has 1 saturated heterocycles. The third kappa shape index (κ3) is 4.76. The van der Waals surface area contributed by atoms with Crippen molar-refractivity contribution in [2.24, 2.45) is 10.7 Å². The van der Waals surface area contributed by atoms with Crippen LogP contribution in [-0.2, 0) is 4.74 Å². The number of benzene rings is 1. The van der Waals surface area contributed by atoms with E-state index >= 15 is 0 Å². The van der Waals surface area contributed by atoms with E-state index in [0.717, 1.165) is 32.0 Å². The minimum absolute atomic E-state index is 0.377. The van der Waals surface area contributed by atoms with E-state index in [1.165, 1.54) is 0 Å². The SMILES string of the molecule is COc1ccc(NC(N)=NCCN2CCOCC2C)cc1Cl. The summed E-state index contributed by atoms with van der Waals surface area (Å²) < 4.78 is 10.5. The molecule has 122 valence electrons. The van der Waals surface area contributed by atoms with Crippen molar-refractivity contribution in [2.45, 2.75) is 13.0 Å². The number of methoxy groups -OCH3 is 1. The molecule has 0 aromatic heterocycles.